The lowest BCUT2D eigenvalue weighted by atomic mass is 9.42. The van der Waals surface area contributed by atoms with E-state index in [1.807, 2.05) is 6.92 Å². The summed E-state index contributed by atoms with van der Waals surface area (Å²) in [5.74, 6) is 3.42. The van der Waals surface area contributed by atoms with Crippen LogP contribution in [0.2, 0.25) is 0 Å². The van der Waals surface area contributed by atoms with Gasteiger partial charge in [0.2, 0.25) is 0 Å². The first-order valence-corrected chi connectivity index (χ1v) is 13.1. The van der Waals surface area contributed by atoms with Crippen molar-refractivity contribution < 1.29 is 19.7 Å². The zero-order valence-corrected chi connectivity index (χ0v) is 20.5. The van der Waals surface area contributed by atoms with E-state index in [0.717, 1.165) is 25.7 Å². The molecule has 0 saturated heterocycles. The summed E-state index contributed by atoms with van der Waals surface area (Å²) >= 11 is 0. The number of carbonyl (C=O) groups is 1. The summed E-state index contributed by atoms with van der Waals surface area (Å²) in [5.41, 5.74) is 0.538. The average molecular weight is 435 g/mol. The number of aliphatic hydroxyl groups is 2. The highest BCUT2D eigenvalue weighted by Crippen LogP contribution is 2.68. The number of carbonyl (C=O) groups excluding carboxylic acids is 1. The normalized spacial score (nSPS) is 50.2. The fraction of sp³-hybridized carbons (Fsp3) is 0.963. The Morgan fingerprint density at radius 1 is 1.00 bits per heavy atom. The van der Waals surface area contributed by atoms with Crippen LogP contribution >= 0.6 is 0 Å². The molecule has 0 heterocycles. The first-order valence-electron chi connectivity index (χ1n) is 13.1. The standard InChI is InChI=1S/C27H46O4/c1-6-31-24(30)10-7-16(2)18-8-9-19-25-20(11-13-26(18,19)4)27(5)14-12-22(28)17(3)21(27)15-23(25)29/h16-23,25,28-29H,6-15H2,1-5H3/t16-,17+,18?,19?,20?,21?,22-,23-,25?,26-,27-/m1/s1. The quantitative estimate of drug-likeness (QED) is 0.584. The van der Waals surface area contributed by atoms with E-state index >= 15 is 0 Å². The first kappa shape index (κ1) is 23.5. The molecule has 0 radical (unpaired) electrons. The minimum Gasteiger partial charge on any atom is -0.466 e. The second kappa shape index (κ2) is 8.63. The number of esters is 1. The molecule has 0 aromatic heterocycles. The number of rotatable bonds is 5. The Morgan fingerprint density at radius 3 is 2.39 bits per heavy atom. The Morgan fingerprint density at radius 2 is 1.68 bits per heavy atom. The first-order chi connectivity index (χ1) is 14.6. The second-order valence-corrected chi connectivity index (χ2v) is 12.2. The molecule has 4 rings (SSSR count). The van der Waals surface area contributed by atoms with Crippen LogP contribution in [0, 0.1) is 52.3 Å². The van der Waals surface area contributed by atoms with Gasteiger partial charge in [0, 0.05) is 6.42 Å². The summed E-state index contributed by atoms with van der Waals surface area (Å²) in [4.78, 5) is 11.9. The summed E-state index contributed by atoms with van der Waals surface area (Å²) < 4.78 is 5.16. The number of hydrogen-bond donors (Lipinski definition) is 2. The van der Waals surface area contributed by atoms with E-state index in [-0.39, 0.29) is 29.0 Å². The maximum atomic E-state index is 11.9. The molecule has 0 aliphatic heterocycles. The van der Waals surface area contributed by atoms with E-state index in [1.54, 1.807) is 0 Å². The van der Waals surface area contributed by atoms with Gasteiger partial charge < -0.3 is 14.9 Å². The third-order valence-electron chi connectivity index (χ3n) is 11.1. The SMILES string of the molecule is CCOC(=O)CC[C@@H](C)C1CCC2C3C(CC[C@@]21C)[C@@]1(C)CC[C@@H](O)[C@@H](C)C1C[C@H]3O. The molecule has 0 bridgehead atoms. The molecule has 0 amide bonds. The lowest BCUT2D eigenvalue weighted by Gasteiger charge is -2.63. The molecule has 4 aliphatic carbocycles. The van der Waals surface area contributed by atoms with Crippen LogP contribution in [0.1, 0.15) is 92.4 Å². The van der Waals surface area contributed by atoms with Gasteiger partial charge in [0.1, 0.15) is 0 Å². The van der Waals surface area contributed by atoms with Crippen molar-refractivity contribution in [3.8, 4) is 0 Å². The van der Waals surface area contributed by atoms with Crippen LogP contribution in [-0.2, 0) is 9.53 Å². The van der Waals surface area contributed by atoms with E-state index in [0.29, 0.717) is 54.5 Å². The molecule has 2 N–H and O–H groups in total. The second-order valence-electron chi connectivity index (χ2n) is 12.2. The third kappa shape index (κ3) is 3.78. The monoisotopic (exact) mass is 434 g/mol. The highest BCUT2D eigenvalue weighted by Gasteiger charge is 2.63. The van der Waals surface area contributed by atoms with E-state index < -0.39 is 0 Å². The fourth-order valence-electron chi connectivity index (χ4n) is 9.39. The Labute approximate surface area is 189 Å². The predicted molar refractivity (Wildman–Crippen MR) is 122 cm³/mol. The molecule has 0 aromatic carbocycles. The highest BCUT2D eigenvalue weighted by atomic mass is 16.5. The third-order valence-corrected chi connectivity index (χ3v) is 11.1. The van der Waals surface area contributed by atoms with Gasteiger partial charge in [-0.3, -0.25) is 4.79 Å². The summed E-state index contributed by atoms with van der Waals surface area (Å²) in [6.45, 7) is 11.9. The molecule has 0 spiro atoms. The smallest absolute Gasteiger partial charge is 0.305 e. The summed E-state index contributed by atoms with van der Waals surface area (Å²) in [7, 11) is 0. The zero-order chi connectivity index (χ0) is 22.6. The van der Waals surface area contributed by atoms with Crippen molar-refractivity contribution in [2.75, 3.05) is 6.61 Å². The Balaban J connectivity index is 1.51. The molecular weight excluding hydrogens is 388 g/mol. The lowest BCUT2D eigenvalue weighted by Crippen LogP contribution is -2.60. The van der Waals surface area contributed by atoms with Crippen molar-refractivity contribution in [3.63, 3.8) is 0 Å². The Kier molecular flexibility index (Phi) is 6.55. The molecule has 31 heavy (non-hydrogen) atoms. The topological polar surface area (TPSA) is 66.8 Å². The van der Waals surface area contributed by atoms with Gasteiger partial charge in [-0.25, -0.2) is 0 Å². The van der Waals surface area contributed by atoms with Crippen LogP contribution in [0.5, 0.6) is 0 Å². The van der Waals surface area contributed by atoms with E-state index in [9.17, 15) is 15.0 Å². The van der Waals surface area contributed by atoms with Crippen LogP contribution in [0.25, 0.3) is 0 Å². The van der Waals surface area contributed by atoms with Gasteiger partial charge in [-0.05, 0) is 111 Å². The predicted octanol–water partition coefficient (Wildman–Crippen LogP) is 5.20. The molecule has 5 unspecified atom stereocenters. The number of aliphatic hydroxyl groups excluding tert-OH is 2. The minimum absolute atomic E-state index is 0.0620. The van der Waals surface area contributed by atoms with Gasteiger partial charge in [-0.15, -0.1) is 0 Å². The van der Waals surface area contributed by atoms with Gasteiger partial charge in [0.15, 0.2) is 0 Å². The zero-order valence-electron chi connectivity index (χ0n) is 20.5. The Bertz CT molecular complexity index is 664. The molecule has 4 nitrogen and oxygen atoms in total. The number of ether oxygens (including phenoxy) is 1. The van der Waals surface area contributed by atoms with E-state index in [1.165, 1.54) is 25.7 Å². The maximum absolute atomic E-state index is 11.9. The molecular formula is C27H46O4. The fourth-order valence-corrected chi connectivity index (χ4v) is 9.39. The van der Waals surface area contributed by atoms with Crippen molar-refractivity contribution in [1.82, 2.24) is 0 Å². The number of fused-ring (bicyclic) bond motifs is 5. The summed E-state index contributed by atoms with van der Waals surface area (Å²) in [6, 6.07) is 0. The van der Waals surface area contributed by atoms with Crippen LogP contribution in [0.3, 0.4) is 0 Å². The van der Waals surface area contributed by atoms with Crippen molar-refractivity contribution in [2.45, 2.75) is 105 Å². The maximum Gasteiger partial charge on any atom is 0.305 e. The van der Waals surface area contributed by atoms with E-state index in [4.69, 9.17) is 4.74 Å². The molecule has 4 aliphatic rings. The molecule has 0 aromatic rings. The van der Waals surface area contributed by atoms with Gasteiger partial charge in [0.25, 0.3) is 0 Å². The minimum atomic E-state index is -0.228. The van der Waals surface area contributed by atoms with Crippen LogP contribution in [0.4, 0.5) is 0 Å². The average Bonchev–Trinajstić information content (AvgIpc) is 3.08. The van der Waals surface area contributed by atoms with Gasteiger partial charge in [0.05, 0.1) is 18.8 Å². The van der Waals surface area contributed by atoms with Crippen LogP contribution in [0.15, 0.2) is 0 Å². The number of hydrogen-bond acceptors (Lipinski definition) is 4. The molecule has 178 valence electrons. The molecule has 4 saturated carbocycles. The summed E-state index contributed by atoms with van der Waals surface area (Å²) in [6.07, 6.45) is 8.83. The van der Waals surface area contributed by atoms with Gasteiger partial charge in [-0.2, -0.15) is 0 Å². The summed E-state index contributed by atoms with van der Waals surface area (Å²) in [5, 5.41) is 21.9. The van der Waals surface area contributed by atoms with Crippen molar-refractivity contribution >= 4 is 5.97 Å². The van der Waals surface area contributed by atoms with Crippen molar-refractivity contribution in [2.24, 2.45) is 52.3 Å². The van der Waals surface area contributed by atoms with E-state index in [2.05, 4.69) is 27.7 Å². The molecule has 4 fully saturated rings. The van der Waals surface area contributed by atoms with Crippen LogP contribution in [-0.4, -0.2) is 35.0 Å². The Hall–Kier alpha value is -0.610. The molecule has 11 atom stereocenters. The lowest BCUT2D eigenvalue weighted by molar-refractivity contribution is -0.189. The van der Waals surface area contributed by atoms with Crippen molar-refractivity contribution in [1.29, 1.82) is 0 Å². The largest absolute Gasteiger partial charge is 0.466 e. The van der Waals surface area contributed by atoms with Gasteiger partial charge >= 0.3 is 5.97 Å². The van der Waals surface area contributed by atoms with Gasteiger partial charge in [-0.1, -0.05) is 27.7 Å². The van der Waals surface area contributed by atoms with Crippen LogP contribution < -0.4 is 0 Å². The highest BCUT2D eigenvalue weighted by molar-refractivity contribution is 5.69. The molecule has 4 heteroatoms. The van der Waals surface area contributed by atoms with Crippen molar-refractivity contribution in [3.05, 3.63) is 0 Å².